The van der Waals surface area contributed by atoms with E-state index < -0.39 is 11.9 Å². The quantitative estimate of drug-likeness (QED) is 0.468. The van der Waals surface area contributed by atoms with E-state index in [1.807, 2.05) is 0 Å². The number of benzene rings is 1. The normalized spacial score (nSPS) is 8.00. The number of rotatable bonds is 2. The first-order valence-corrected chi connectivity index (χ1v) is 3.14. The first-order valence-electron chi connectivity index (χ1n) is 3.14. The average Bonchev–Trinajstić information content (AvgIpc) is 2.04. The van der Waals surface area contributed by atoms with Crippen molar-refractivity contribution in [1.82, 2.24) is 0 Å². The van der Waals surface area contributed by atoms with Gasteiger partial charge in [-0.05, 0) is 11.1 Å². The number of carboxylic acid groups (broad SMARTS) is 2. The summed E-state index contributed by atoms with van der Waals surface area (Å²) in [6, 6.07) is 4.61. The Bertz CT molecular complexity index is 288. The zero-order valence-electron chi connectivity index (χ0n) is 7.94. The predicted octanol–water partition coefficient (Wildman–Crippen LogP) is -7.58. The third kappa shape index (κ3) is 6.11. The minimum atomic E-state index is -1.33. The second kappa shape index (κ2) is 9.31. The molecule has 0 amide bonds. The fraction of sp³-hybridized carbons (Fsp3) is 0. The average molecular weight is 430 g/mol. The Hall–Kier alpha value is 2.26. The van der Waals surface area contributed by atoms with Gasteiger partial charge in [0.15, 0.2) is 0 Å². The SMILES string of the molecule is O=C([O-])c1ccc(C(=O)[O-])cc1.[Cs+].[Cs+]. The summed E-state index contributed by atoms with van der Waals surface area (Å²) in [6.07, 6.45) is 0. The van der Waals surface area contributed by atoms with E-state index in [2.05, 4.69) is 0 Å². The molecule has 1 aromatic rings. The van der Waals surface area contributed by atoms with Crippen LogP contribution in [0.15, 0.2) is 24.3 Å². The van der Waals surface area contributed by atoms with E-state index in [0.717, 1.165) is 24.3 Å². The second-order valence-corrected chi connectivity index (χ2v) is 2.15. The maximum Gasteiger partial charge on any atom is 1.00 e. The van der Waals surface area contributed by atoms with Crippen LogP contribution in [0.3, 0.4) is 0 Å². The van der Waals surface area contributed by atoms with Crippen molar-refractivity contribution < 1.29 is 158 Å². The minimum absolute atomic E-state index is 0. The fourth-order valence-electron chi connectivity index (χ4n) is 0.742. The van der Waals surface area contributed by atoms with Crippen LogP contribution in [0, 0.1) is 0 Å². The number of aromatic carboxylic acids is 2. The van der Waals surface area contributed by atoms with Gasteiger partial charge in [0.05, 0.1) is 11.9 Å². The Morgan fingerprint density at radius 1 is 0.786 bits per heavy atom. The molecule has 0 aliphatic heterocycles. The van der Waals surface area contributed by atoms with Crippen LogP contribution in [-0.2, 0) is 0 Å². The van der Waals surface area contributed by atoms with E-state index in [-0.39, 0.29) is 149 Å². The molecule has 1 rings (SSSR count). The molecule has 14 heavy (non-hydrogen) atoms. The smallest absolute Gasteiger partial charge is 0.545 e. The zero-order chi connectivity index (χ0) is 9.14. The van der Waals surface area contributed by atoms with Gasteiger partial charge in [-0.1, -0.05) is 24.3 Å². The Kier molecular flexibility index (Phi) is 12.4. The van der Waals surface area contributed by atoms with Crippen LogP contribution in [0.25, 0.3) is 0 Å². The molecule has 4 nitrogen and oxygen atoms in total. The third-order valence-electron chi connectivity index (χ3n) is 1.36. The van der Waals surface area contributed by atoms with Gasteiger partial charge < -0.3 is 19.8 Å². The number of carbonyl (C=O) groups excluding carboxylic acids is 2. The Balaban J connectivity index is 0. The summed E-state index contributed by atoms with van der Waals surface area (Å²) in [5, 5.41) is 20.4. The van der Waals surface area contributed by atoms with E-state index in [1.54, 1.807) is 0 Å². The van der Waals surface area contributed by atoms with Crippen molar-refractivity contribution in [3.05, 3.63) is 35.4 Å². The standard InChI is InChI=1S/C8H6O4.2Cs/c9-7(10)5-1-2-6(4-3-5)8(11)12;;/h1-4H,(H,9,10)(H,11,12);;/q;2*+1/p-2. The Labute approximate surface area is 199 Å². The van der Waals surface area contributed by atoms with Gasteiger partial charge in [0.1, 0.15) is 0 Å². The summed E-state index contributed by atoms with van der Waals surface area (Å²) >= 11 is 0. The van der Waals surface area contributed by atoms with E-state index >= 15 is 0 Å². The molecule has 0 radical (unpaired) electrons. The molecule has 0 saturated heterocycles. The Morgan fingerprint density at radius 3 is 1.14 bits per heavy atom. The second-order valence-electron chi connectivity index (χ2n) is 2.15. The Morgan fingerprint density at radius 2 is 1.00 bits per heavy atom. The molecule has 0 heterocycles. The van der Waals surface area contributed by atoms with Gasteiger partial charge in [-0.15, -0.1) is 0 Å². The van der Waals surface area contributed by atoms with Crippen molar-refractivity contribution in [2.75, 3.05) is 0 Å². The van der Waals surface area contributed by atoms with Crippen molar-refractivity contribution in [1.29, 1.82) is 0 Å². The van der Waals surface area contributed by atoms with Crippen LogP contribution in [0.5, 0.6) is 0 Å². The van der Waals surface area contributed by atoms with E-state index in [9.17, 15) is 19.8 Å². The van der Waals surface area contributed by atoms with Crippen molar-refractivity contribution in [3.63, 3.8) is 0 Å². The first kappa shape index (κ1) is 18.6. The van der Waals surface area contributed by atoms with Crippen LogP contribution in [-0.4, -0.2) is 11.9 Å². The van der Waals surface area contributed by atoms with Crippen LogP contribution in [0.2, 0.25) is 0 Å². The molecule has 6 heteroatoms. The van der Waals surface area contributed by atoms with Crippen molar-refractivity contribution >= 4 is 11.9 Å². The molecule has 0 unspecified atom stereocenters. The van der Waals surface area contributed by atoms with Crippen molar-refractivity contribution in [2.45, 2.75) is 0 Å². The predicted molar refractivity (Wildman–Crippen MR) is 35.1 cm³/mol. The van der Waals surface area contributed by atoms with Gasteiger partial charge in [-0.25, -0.2) is 0 Å². The molecule has 0 N–H and O–H groups in total. The number of hydrogen-bond donors (Lipinski definition) is 0. The third-order valence-corrected chi connectivity index (χ3v) is 1.36. The summed E-state index contributed by atoms with van der Waals surface area (Å²) in [5.41, 5.74) is -0.111. The number of carbonyl (C=O) groups is 2. The van der Waals surface area contributed by atoms with Gasteiger partial charge in [0.2, 0.25) is 0 Å². The summed E-state index contributed by atoms with van der Waals surface area (Å²) in [7, 11) is 0. The molecule has 0 bridgehead atoms. The zero-order valence-corrected chi connectivity index (χ0v) is 20.5. The fourth-order valence-corrected chi connectivity index (χ4v) is 0.742. The van der Waals surface area contributed by atoms with E-state index in [1.165, 1.54) is 0 Å². The first-order chi connectivity index (χ1) is 5.61. The molecule has 0 aromatic heterocycles. The van der Waals surface area contributed by atoms with Gasteiger partial charge in [-0.2, -0.15) is 0 Å². The maximum absolute atomic E-state index is 10.2. The van der Waals surface area contributed by atoms with Crippen molar-refractivity contribution in [3.8, 4) is 0 Å². The monoisotopic (exact) mass is 430 g/mol. The molecule has 0 saturated carbocycles. The van der Waals surface area contributed by atoms with Crippen LogP contribution in [0.4, 0.5) is 0 Å². The molecule has 1 aromatic carbocycles. The number of hydrogen-bond acceptors (Lipinski definition) is 4. The molecule has 62 valence electrons. The molecule has 0 spiro atoms. The van der Waals surface area contributed by atoms with E-state index in [0.29, 0.717) is 0 Å². The van der Waals surface area contributed by atoms with Gasteiger partial charge in [0, 0.05) is 0 Å². The topological polar surface area (TPSA) is 80.3 Å². The largest absolute Gasteiger partial charge is 1.00 e. The van der Waals surface area contributed by atoms with Gasteiger partial charge >= 0.3 is 138 Å². The number of carboxylic acids is 2. The summed E-state index contributed by atoms with van der Waals surface area (Å²) in [4.78, 5) is 20.4. The molecular weight excluding hydrogens is 426 g/mol. The summed E-state index contributed by atoms with van der Waals surface area (Å²) in [5.74, 6) is -2.67. The van der Waals surface area contributed by atoms with Crippen LogP contribution < -0.4 is 148 Å². The molecular formula is C8H4Cs2O4. The minimum Gasteiger partial charge on any atom is -0.545 e. The van der Waals surface area contributed by atoms with Gasteiger partial charge in [-0.3, -0.25) is 0 Å². The molecule has 0 atom stereocenters. The molecule has 0 fully saturated rings. The van der Waals surface area contributed by atoms with Crippen LogP contribution >= 0.6 is 0 Å². The summed E-state index contributed by atoms with van der Waals surface area (Å²) < 4.78 is 0. The summed E-state index contributed by atoms with van der Waals surface area (Å²) in [6.45, 7) is 0. The molecule has 0 aliphatic rings. The molecule has 0 aliphatic carbocycles. The van der Waals surface area contributed by atoms with Gasteiger partial charge in [0.25, 0.3) is 0 Å². The van der Waals surface area contributed by atoms with Crippen LogP contribution in [0.1, 0.15) is 20.7 Å². The van der Waals surface area contributed by atoms with E-state index in [4.69, 9.17) is 0 Å². The van der Waals surface area contributed by atoms with Crippen molar-refractivity contribution in [2.24, 2.45) is 0 Å². The maximum atomic E-state index is 10.2.